The predicted molar refractivity (Wildman–Crippen MR) is 183 cm³/mol. The van der Waals surface area contributed by atoms with Gasteiger partial charge in [0, 0.05) is 51.0 Å². The average Bonchev–Trinajstić information content (AvgIpc) is 3.09. The van der Waals surface area contributed by atoms with Gasteiger partial charge in [0.2, 0.25) is 5.91 Å². The van der Waals surface area contributed by atoms with Gasteiger partial charge in [-0.05, 0) is 87.3 Å². The van der Waals surface area contributed by atoms with Crippen LogP contribution in [0.2, 0.25) is 0 Å². The van der Waals surface area contributed by atoms with Crippen LogP contribution in [-0.4, -0.2) is 73.9 Å². The maximum absolute atomic E-state index is 13.1. The maximum atomic E-state index is 13.1. The van der Waals surface area contributed by atoms with E-state index in [0.717, 1.165) is 22.8 Å². The van der Waals surface area contributed by atoms with Crippen molar-refractivity contribution in [1.29, 1.82) is 0 Å². The van der Waals surface area contributed by atoms with Gasteiger partial charge in [0.05, 0.1) is 35.9 Å². The Kier molecular flexibility index (Phi) is 16.4. The molecule has 0 aliphatic heterocycles. The van der Waals surface area contributed by atoms with Gasteiger partial charge in [-0.2, -0.15) is 0 Å². The standard InChI is InChI=1S/C35H44N8O3.ClH/c1-46-35(45)33(17-11-23-43(26-30-14-4-8-20-39-30)27-31-15-5-9-21-40-31)41-34(44)32(36)16-10-22-42(24-28-12-2-6-18-37-28)25-29-13-3-7-19-38-29;/h2-9,12-15,18-21,32-33H,10-11,16-17,22-27,36H2,1H3,(H,41,44);1H/t32-,33-;/m0./s1. The first-order chi connectivity index (χ1) is 22.5. The second-order valence-electron chi connectivity index (χ2n) is 11.2. The van der Waals surface area contributed by atoms with Gasteiger partial charge in [-0.25, -0.2) is 4.79 Å². The number of nitrogens with one attached hydrogen (secondary N) is 1. The number of methoxy groups -OCH3 is 1. The summed E-state index contributed by atoms with van der Waals surface area (Å²) in [6.07, 6.45) is 9.32. The average molecular weight is 661 g/mol. The third-order valence-corrected chi connectivity index (χ3v) is 7.54. The number of hydrogen-bond donors (Lipinski definition) is 2. The molecule has 3 N–H and O–H groups in total. The number of rotatable bonds is 19. The van der Waals surface area contributed by atoms with Gasteiger partial charge in [-0.1, -0.05) is 24.3 Å². The third kappa shape index (κ3) is 13.5. The Bertz CT molecular complexity index is 1360. The molecule has 0 spiro atoms. The second kappa shape index (κ2) is 20.8. The summed E-state index contributed by atoms with van der Waals surface area (Å²) in [6, 6.07) is 21.8. The zero-order chi connectivity index (χ0) is 32.4. The minimum atomic E-state index is -0.792. The lowest BCUT2D eigenvalue weighted by atomic mass is 10.1. The van der Waals surface area contributed by atoms with E-state index < -0.39 is 18.1 Å². The first-order valence-corrected chi connectivity index (χ1v) is 15.7. The summed E-state index contributed by atoms with van der Waals surface area (Å²) in [4.78, 5) is 48.1. The molecule has 2 atom stereocenters. The van der Waals surface area contributed by atoms with E-state index in [4.69, 9.17) is 10.5 Å². The molecule has 0 radical (unpaired) electrons. The Morgan fingerprint density at radius 2 is 1.06 bits per heavy atom. The molecule has 1 amide bonds. The number of esters is 1. The lowest BCUT2D eigenvalue weighted by Crippen LogP contribution is -2.49. The molecule has 12 heteroatoms. The minimum Gasteiger partial charge on any atom is -0.467 e. The number of carbonyl (C=O) groups excluding carboxylic acids is 2. The van der Waals surface area contributed by atoms with Crippen LogP contribution < -0.4 is 11.1 Å². The number of ether oxygens (including phenoxy) is 1. The number of halogens is 1. The van der Waals surface area contributed by atoms with Crippen molar-refractivity contribution in [2.24, 2.45) is 5.73 Å². The van der Waals surface area contributed by atoms with Gasteiger partial charge < -0.3 is 15.8 Å². The molecule has 0 bridgehead atoms. The smallest absolute Gasteiger partial charge is 0.328 e. The normalized spacial score (nSPS) is 12.3. The number of nitrogens with zero attached hydrogens (tertiary/aromatic N) is 6. The topological polar surface area (TPSA) is 139 Å². The van der Waals surface area contributed by atoms with Gasteiger partial charge in [-0.3, -0.25) is 34.5 Å². The zero-order valence-electron chi connectivity index (χ0n) is 26.9. The van der Waals surface area contributed by atoms with Crippen molar-refractivity contribution in [3.63, 3.8) is 0 Å². The van der Waals surface area contributed by atoms with Crippen molar-refractivity contribution < 1.29 is 14.3 Å². The summed E-state index contributed by atoms with van der Waals surface area (Å²) in [7, 11) is 1.33. The fraction of sp³-hybridized carbons (Fsp3) is 0.371. The Labute approximate surface area is 283 Å². The van der Waals surface area contributed by atoms with Crippen LogP contribution in [0, 0.1) is 0 Å². The van der Waals surface area contributed by atoms with Gasteiger partial charge in [0.25, 0.3) is 0 Å². The molecule has 4 aromatic rings. The molecule has 4 rings (SSSR count). The first kappa shape index (κ1) is 37.2. The van der Waals surface area contributed by atoms with Crippen LogP contribution in [0.5, 0.6) is 0 Å². The van der Waals surface area contributed by atoms with Gasteiger partial charge in [0.1, 0.15) is 6.04 Å². The first-order valence-electron chi connectivity index (χ1n) is 15.7. The number of pyridine rings is 4. The van der Waals surface area contributed by atoms with Crippen LogP contribution in [-0.2, 0) is 40.5 Å². The third-order valence-electron chi connectivity index (χ3n) is 7.54. The molecule has 4 aromatic heterocycles. The SMILES string of the molecule is COC(=O)[C@H](CCCN(Cc1ccccn1)Cc1ccccn1)NC(=O)[C@@H](N)CCCN(Cc1ccccn1)Cc1ccccn1.Cl. The van der Waals surface area contributed by atoms with E-state index in [2.05, 4.69) is 35.1 Å². The van der Waals surface area contributed by atoms with Crippen molar-refractivity contribution in [1.82, 2.24) is 35.1 Å². The highest BCUT2D eigenvalue weighted by Crippen LogP contribution is 2.12. The lowest BCUT2D eigenvalue weighted by Gasteiger charge is -2.24. The summed E-state index contributed by atoms with van der Waals surface area (Å²) in [5.74, 6) is -0.853. The van der Waals surface area contributed by atoms with E-state index >= 15 is 0 Å². The monoisotopic (exact) mass is 660 g/mol. The number of nitrogens with two attached hydrogens (primary N) is 1. The Hall–Kier alpha value is -4.29. The van der Waals surface area contributed by atoms with E-state index in [0.29, 0.717) is 65.0 Å². The highest BCUT2D eigenvalue weighted by atomic mass is 35.5. The zero-order valence-corrected chi connectivity index (χ0v) is 27.7. The number of aromatic nitrogens is 4. The van der Waals surface area contributed by atoms with Gasteiger partial charge >= 0.3 is 5.97 Å². The molecule has 250 valence electrons. The van der Waals surface area contributed by atoms with Crippen LogP contribution in [0.15, 0.2) is 97.6 Å². The highest BCUT2D eigenvalue weighted by molar-refractivity contribution is 5.87. The number of amides is 1. The second-order valence-corrected chi connectivity index (χ2v) is 11.2. The molecule has 0 aliphatic rings. The maximum Gasteiger partial charge on any atom is 0.328 e. The fourth-order valence-corrected chi connectivity index (χ4v) is 5.17. The Morgan fingerprint density at radius 3 is 1.40 bits per heavy atom. The molecule has 11 nitrogen and oxygen atoms in total. The van der Waals surface area contributed by atoms with Crippen LogP contribution in [0.25, 0.3) is 0 Å². The van der Waals surface area contributed by atoms with E-state index in [1.807, 2.05) is 72.8 Å². The summed E-state index contributed by atoms with van der Waals surface area (Å²) in [6.45, 7) is 3.95. The largest absolute Gasteiger partial charge is 0.467 e. The van der Waals surface area contributed by atoms with Gasteiger partial charge in [0.15, 0.2) is 0 Å². The van der Waals surface area contributed by atoms with Crippen molar-refractivity contribution in [2.45, 2.75) is 63.9 Å². The highest BCUT2D eigenvalue weighted by Gasteiger charge is 2.25. The van der Waals surface area contributed by atoms with Crippen molar-refractivity contribution in [3.8, 4) is 0 Å². The molecule has 0 aromatic carbocycles. The Morgan fingerprint density at radius 1 is 0.681 bits per heavy atom. The summed E-state index contributed by atoms with van der Waals surface area (Å²) in [5, 5.41) is 2.84. The predicted octanol–water partition coefficient (Wildman–Crippen LogP) is 3.94. The molecule has 0 aliphatic carbocycles. The van der Waals surface area contributed by atoms with E-state index in [1.165, 1.54) is 7.11 Å². The lowest BCUT2D eigenvalue weighted by molar-refractivity contribution is -0.145. The number of carbonyl (C=O) groups is 2. The molecule has 47 heavy (non-hydrogen) atoms. The number of hydrogen-bond acceptors (Lipinski definition) is 10. The minimum absolute atomic E-state index is 0. The van der Waals surface area contributed by atoms with Crippen LogP contribution in [0.4, 0.5) is 0 Å². The fourth-order valence-electron chi connectivity index (χ4n) is 5.17. The van der Waals surface area contributed by atoms with Crippen molar-refractivity contribution in [2.75, 3.05) is 20.2 Å². The molecule has 0 unspecified atom stereocenters. The molecular formula is C35H45ClN8O3. The van der Waals surface area contributed by atoms with Crippen LogP contribution in [0.3, 0.4) is 0 Å². The Balaban J connectivity index is 0.00000600. The van der Waals surface area contributed by atoms with Gasteiger partial charge in [-0.15, -0.1) is 12.4 Å². The summed E-state index contributed by atoms with van der Waals surface area (Å²) < 4.78 is 5.02. The van der Waals surface area contributed by atoms with E-state index in [1.54, 1.807) is 24.8 Å². The molecule has 0 fully saturated rings. The van der Waals surface area contributed by atoms with Crippen molar-refractivity contribution in [3.05, 3.63) is 120 Å². The van der Waals surface area contributed by atoms with Crippen molar-refractivity contribution >= 4 is 24.3 Å². The molecular weight excluding hydrogens is 616 g/mol. The molecule has 0 saturated carbocycles. The van der Waals surface area contributed by atoms with Crippen LogP contribution in [0.1, 0.15) is 48.5 Å². The van der Waals surface area contributed by atoms with E-state index in [9.17, 15) is 9.59 Å². The summed E-state index contributed by atoms with van der Waals surface area (Å²) in [5.41, 5.74) is 10.1. The molecule has 0 saturated heterocycles. The van der Waals surface area contributed by atoms with E-state index in [-0.39, 0.29) is 18.3 Å². The summed E-state index contributed by atoms with van der Waals surface area (Å²) >= 11 is 0. The van der Waals surface area contributed by atoms with Crippen LogP contribution >= 0.6 is 12.4 Å². The molecule has 4 heterocycles. The quantitative estimate of drug-likeness (QED) is 0.142.